The molecule has 0 aromatic rings. The molecular weight excluding hydrogens is 354 g/mol. The van der Waals surface area contributed by atoms with Gasteiger partial charge in [0.15, 0.2) is 0 Å². The number of hydrogen-bond donors (Lipinski definition) is 0. The fourth-order valence-electron chi connectivity index (χ4n) is 0.504. The van der Waals surface area contributed by atoms with E-state index in [2.05, 4.69) is 49.8 Å². The first-order valence-corrected chi connectivity index (χ1v) is 10.2. The van der Waals surface area contributed by atoms with Crippen LogP contribution in [-0.2, 0) is 18.2 Å². The summed E-state index contributed by atoms with van der Waals surface area (Å²) in [6, 6.07) is 0. The molecule has 0 nitrogen and oxygen atoms in total. The second-order valence-electron chi connectivity index (χ2n) is 2.04. The van der Waals surface area contributed by atoms with Crippen molar-refractivity contribution in [3.05, 3.63) is 25.3 Å². The van der Waals surface area contributed by atoms with Gasteiger partial charge in [0.05, 0.1) is 0 Å². The molecule has 0 N–H and O–H groups in total. The van der Waals surface area contributed by atoms with Crippen LogP contribution < -0.4 is 0 Å². The van der Waals surface area contributed by atoms with Crippen LogP contribution in [0.15, 0.2) is 25.3 Å². The van der Waals surface area contributed by atoms with E-state index < -0.39 is 6.92 Å². The SMILES string of the molecule is C=CC(P)[SiH]([Ir])C(P)C=C. The summed E-state index contributed by atoms with van der Waals surface area (Å²) in [5.41, 5.74) is 0. The Morgan fingerprint density at radius 1 is 1.20 bits per heavy atom. The Morgan fingerprint density at radius 3 is 1.70 bits per heavy atom. The molecule has 4 atom stereocenters. The van der Waals surface area contributed by atoms with E-state index in [4.69, 9.17) is 0 Å². The fourth-order valence-corrected chi connectivity index (χ4v) is 5.78. The summed E-state index contributed by atoms with van der Waals surface area (Å²) in [6.07, 6.45) is 4.03. The van der Waals surface area contributed by atoms with Gasteiger partial charge in [-0.15, -0.1) is 0 Å². The maximum absolute atomic E-state index is 3.77. The topological polar surface area (TPSA) is 0 Å². The summed E-state index contributed by atoms with van der Waals surface area (Å²) in [6.45, 7) is 6.84. The predicted molar refractivity (Wildman–Crippen MR) is 54.5 cm³/mol. The van der Waals surface area contributed by atoms with Gasteiger partial charge in [0.25, 0.3) is 0 Å². The van der Waals surface area contributed by atoms with E-state index in [1.54, 1.807) is 0 Å². The van der Waals surface area contributed by atoms with Crippen molar-refractivity contribution in [2.75, 3.05) is 0 Å². The van der Waals surface area contributed by atoms with Crippen molar-refractivity contribution in [3.63, 3.8) is 0 Å². The normalized spacial score (nSPS) is 19.2. The van der Waals surface area contributed by atoms with Crippen molar-refractivity contribution in [1.29, 1.82) is 0 Å². The molecule has 0 heterocycles. The van der Waals surface area contributed by atoms with Crippen LogP contribution in [0.4, 0.5) is 0 Å². The zero-order valence-corrected chi connectivity index (χ0v) is 11.6. The molecule has 10 heavy (non-hydrogen) atoms. The molecular formula is C6H13IrP2Si. The summed E-state index contributed by atoms with van der Waals surface area (Å²) in [4.78, 5) is 0. The summed E-state index contributed by atoms with van der Waals surface area (Å²) < 4.78 is 0. The summed E-state index contributed by atoms with van der Waals surface area (Å²) in [5, 5.41) is 1.25. The van der Waals surface area contributed by atoms with Crippen LogP contribution in [0.25, 0.3) is 0 Å². The van der Waals surface area contributed by atoms with Crippen LogP contribution in [0, 0.1) is 0 Å². The molecule has 0 amide bonds. The summed E-state index contributed by atoms with van der Waals surface area (Å²) in [7, 11) is 5.66. The molecule has 0 fully saturated rings. The zero-order chi connectivity index (χ0) is 8.15. The molecule has 0 saturated carbocycles. The molecule has 0 rings (SSSR count). The van der Waals surface area contributed by atoms with Crippen molar-refractivity contribution in [2.24, 2.45) is 0 Å². The Balaban J connectivity index is 3.91. The second kappa shape index (κ2) is 5.81. The first kappa shape index (κ1) is 11.2. The Hall–Kier alpha value is 1.21. The average molecular weight is 367 g/mol. The first-order chi connectivity index (χ1) is 4.63. The average Bonchev–Trinajstić information content (AvgIpc) is 2.00. The Labute approximate surface area is 79.4 Å². The molecule has 4 unspecified atom stereocenters. The standard InChI is InChI=1S/C6H13P2Si.Ir/c1-3-5(7)9-6(8)4-2;/h3-6,9H,1-2,7-8H2;. The van der Waals surface area contributed by atoms with Crippen LogP contribution >= 0.6 is 18.5 Å². The van der Waals surface area contributed by atoms with Gasteiger partial charge in [-0.3, -0.25) is 0 Å². The van der Waals surface area contributed by atoms with Gasteiger partial charge in [0.1, 0.15) is 0 Å². The van der Waals surface area contributed by atoms with Crippen molar-refractivity contribution < 1.29 is 18.2 Å². The van der Waals surface area contributed by atoms with Crippen LogP contribution in [0.3, 0.4) is 0 Å². The van der Waals surface area contributed by atoms with E-state index >= 15 is 0 Å². The number of hydrogen-bond acceptors (Lipinski definition) is 0. The van der Waals surface area contributed by atoms with Crippen LogP contribution in [-0.4, -0.2) is 17.5 Å². The van der Waals surface area contributed by atoms with Crippen molar-refractivity contribution in [3.8, 4) is 0 Å². The molecule has 4 heteroatoms. The van der Waals surface area contributed by atoms with Gasteiger partial charge in [-0.1, -0.05) is 0 Å². The molecule has 0 aromatic carbocycles. The minimum atomic E-state index is -0.701. The summed E-state index contributed by atoms with van der Waals surface area (Å²) in [5.74, 6) is 0. The third-order valence-electron chi connectivity index (χ3n) is 1.25. The van der Waals surface area contributed by atoms with Gasteiger partial charge < -0.3 is 0 Å². The Kier molecular flexibility index (Phi) is 6.51. The van der Waals surface area contributed by atoms with Gasteiger partial charge in [0, 0.05) is 0 Å². The van der Waals surface area contributed by atoms with Crippen molar-refractivity contribution in [1.82, 2.24) is 0 Å². The third-order valence-corrected chi connectivity index (χ3v) is 16.9. The summed E-state index contributed by atoms with van der Waals surface area (Å²) >= 11 is 2.33. The number of rotatable bonds is 4. The Morgan fingerprint density at radius 2 is 1.50 bits per heavy atom. The first-order valence-electron chi connectivity index (χ1n) is 3.01. The van der Waals surface area contributed by atoms with Gasteiger partial charge in [-0.05, 0) is 0 Å². The van der Waals surface area contributed by atoms with E-state index in [9.17, 15) is 0 Å². The monoisotopic (exact) mass is 368 g/mol. The molecule has 0 aliphatic heterocycles. The van der Waals surface area contributed by atoms with Crippen molar-refractivity contribution >= 4 is 25.4 Å². The third kappa shape index (κ3) is 3.55. The van der Waals surface area contributed by atoms with Gasteiger partial charge in [-0.2, -0.15) is 0 Å². The van der Waals surface area contributed by atoms with Gasteiger partial charge in [0.2, 0.25) is 0 Å². The molecule has 0 saturated heterocycles. The van der Waals surface area contributed by atoms with Crippen molar-refractivity contribution in [2.45, 2.75) is 10.6 Å². The molecule has 0 aliphatic carbocycles. The molecule has 0 bridgehead atoms. The predicted octanol–water partition coefficient (Wildman–Crippen LogP) is 1.19. The molecule has 60 valence electrons. The fraction of sp³-hybridized carbons (Fsp3) is 0.333. The molecule has 0 spiro atoms. The van der Waals surface area contributed by atoms with E-state index in [-0.39, 0.29) is 0 Å². The number of allylic oxidation sites excluding steroid dienone is 2. The molecule has 0 aliphatic rings. The minimum absolute atomic E-state index is 0.625. The van der Waals surface area contributed by atoms with Crippen LogP contribution in [0.1, 0.15) is 0 Å². The van der Waals surface area contributed by atoms with Crippen LogP contribution in [0.2, 0.25) is 0 Å². The zero-order valence-electron chi connectivity index (χ0n) is 5.79. The second-order valence-corrected chi connectivity index (χ2v) is 12.3. The van der Waals surface area contributed by atoms with Gasteiger partial charge >= 0.3 is 79.5 Å². The van der Waals surface area contributed by atoms with E-state index in [0.29, 0.717) is 10.6 Å². The van der Waals surface area contributed by atoms with E-state index in [1.807, 2.05) is 12.2 Å². The van der Waals surface area contributed by atoms with E-state index in [0.717, 1.165) is 0 Å². The quantitative estimate of drug-likeness (QED) is 0.398. The Bertz CT molecular complexity index is 115. The molecule has 0 radical (unpaired) electrons. The van der Waals surface area contributed by atoms with Gasteiger partial charge in [-0.25, -0.2) is 0 Å². The molecule has 0 aromatic heterocycles. The van der Waals surface area contributed by atoms with E-state index in [1.165, 1.54) is 0 Å². The maximum atomic E-state index is 3.77. The van der Waals surface area contributed by atoms with Crippen LogP contribution in [0.5, 0.6) is 0 Å².